The summed E-state index contributed by atoms with van der Waals surface area (Å²) >= 11 is 0. The number of aliphatic hydroxyl groups is 1. The molecular formula is C16H20O6. The van der Waals surface area contributed by atoms with E-state index >= 15 is 0 Å². The molecule has 1 heterocycles. The summed E-state index contributed by atoms with van der Waals surface area (Å²) < 4.78 is 16.1. The van der Waals surface area contributed by atoms with E-state index in [9.17, 15) is 15.0 Å². The molecule has 4 atom stereocenters. The molecule has 0 aromatic heterocycles. The lowest BCUT2D eigenvalue weighted by atomic mass is 9.69. The van der Waals surface area contributed by atoms with E-state index in [0.717, 1.165) is 0 Å². The summed E-state index contributed by atoms with van der Waals surface area (Å²) in [6.07, 6.45) is -0.591. The molecule has 0 bridgehead atoms. The summed E-state index contributed by atoms with van der Waals surface area (Å²) in [7, 11) is 3.00. The van der Waals surface area contributed by atoms with Crippen molar-refractivity contribution in [2.24, 2.45) is 11.8 Å². The maximum atomic E-state index is 12.8. The molecule has 120 valence electrons. The monoisotopic (exact) mass is 308 g/mol. The van der Waals surface area contributed by atoms with E-state index in [4.69, 9.17) is 14.2 Å². The lowest BCUT2D eigenvalue weighted by Gasteiger charge is -2.45. The van der Waals surface area contributed by atoms with Crippen molar-refractivity contribution < 1.29 is 29.2 Å². The quantitative estimate of drug-likeness (QED) is 0.864. The Balaban J connectivity index is 2.07. The van der Waals surface area contributed by atoms with Gasteiger partial charge in [-0.3, -0.25) is 4.79 Å². The maximum absolute atomic E-state index is 12.8. The van der Waals surface area contributed by atoms with Gasteiger partial charge in [-0.25, -0.2) is 0 Å². The number of hydrogen-bond donors (Lipinski definition) is 2. The molecule has 3 rings (SSSR count). The van der Waals surface area contributed by atoms with Crippen molar-refractivity contribution in [3.63, 3.8) is 0 Å². The molecule has 1 saturated heterocycles. The number of fused-ring (bicyclic) bond motifs is 2. The Kier molecular flexibility index (Phi) is 3.63. The van der Waals surface area contributed by atoms with Gasteiger partial charge in [0, 0.05) is 42.6 Å². The topological polar surface area (TPSA) is 85.2 Å². The minimum Gasteiger partial charge on any atom is -0.507 e. The van der Waals surface area contributed by atoms with Crippen molar-refractivity contribution in [1.82, 2.24) is 0 Å². The van der Waals surface area contributed by atoms with Crippen molar-refractivity contribution in [1.29, 1.82) is 0 Å². The number of ketones is 1. The van der Waals surface area contributed by atoms with Crippen molar-refractivity contribution in [3.05, 3.63) is 23.3 Å². The number of aromatic hydroxyl groups is 1. The number of methoxy groups -OCH3 is 2. The number of phenols is 1. The van der Waals surface area contributed by atoms with Crippen LogP contribution in [0.25, 0.3) is 0 Å². The first-order chi connectivity index (χ1) is 10.4. The van der Waals surface area contributed by atoms with Gasteiger partial charge in [-0.15, -0.1) is 0 Å². The van der Waals surface area contributed by atoms with Gasteiger partial charge in [0.05, 0.1) is 19.8 Å². The number of aliphatic hydroxyl groups excluding tert-OH is 1. The van der Waals surface area contributed by atoms with Crippen LogP contribution in [-0.4, -0.2) is 42.6 Å². The molecule has 1 aliphatic heterocycles. The average Bonchev–Trinajstić information content (AvgIpc) is 2.51. The molecular weight excluding hydrogens is 288 g/mol. The lowest BCUT2D eigenvalue weighted by Crippen LogP contribution is -2.49. The normalized spacial score (nSPS) is 34.0. The zero-order chi connectivity index (χ0) is 16.1. The van der Waals surface area contributed by atoms with Gasteiger partial charge in [-0.2, -0.15) is 0 Å². The summed E-state index contributed by atoms with van der Waals surface area (Å²) in [5, 5.41) is 20.7. The summed E-state index contributed by atoms with van der Waals surface area (Å²) in [6.45, 7) is 1.98. The Morgan fingerprint density at radius 1 is 1.36 bits per heavy atom. The third-order valence-corrected chi connectivity index (χ3v) is 4.79. The highest BCUT2D eigenvalue weighted by atomic mass is 16.7. The molecule has 0 saturated carbocycles. The third-order valence-electron chi connectivity index (χ3n) is 4.79. The van der Waals surface area contributed by atoms with Gasteiger partial charge in [0.1, 0.15) is 11.5 Å². The molecule has 6 nitrogen and oxygen atoms in total. The Morgan fingerprint density at radius 2 is 2.09 bits per heavy atom. The lowest BCUT2D eigenvalue weighted by molar-refractivity contribution is -0.257. The maximum Gasteiger partial charge on any atom is 0.167 e. The Hall–Kier alpha value is -1.63. The fourth-order valence-electron chi connectivity index (χ4n) is 3.40. The Bertz CT molecular complexity index is 613. The molecule has 2 aliphatic rings. The molecule has 1 fully saturated rings. The average molecular weight is 308 g/mol. The number of carbonyl (C=O) groups is 1. The van der Waals surface area contributed by atoms with Crippen LogP contribution in [0.15, 0.2) is 12.1 Å². The first-order valence-corrected chi connectivity index (χ1v) is 7.22. The number of ether oxygens (including phenoxy) is 3. The zero-order valence-corrected chi connectivity index (χ0v) is 12.8. The summed E-state index contributed by atoms with van der Waals surface area (Å²) in [4.78, 5) is 12.8. The van der Waals surface area contributed by atoms with E-state index < -0.39 is 17.8 Å². The highest BCUT2D eigenvalue weighted by molar-refractivity contribution is 6.02. The molecule has 0 radical (unpaired) electrons. The summed E-state index contributed by atoms with van der Waals surface area (Å²) in [6, 6.07) is 2.97. The first-order valence-electron chi connectivity index (χ1n) is 7.22. The van der Waals surface area contributed by atoms with Gasteiger partial charge in [0.2, 0.25) is 0 Å². The van der Waals surface area contributed by atoms with E-state index in [0.29, 0.717) is 17.7 Å². The Morgan fingerprint density at radius 3 is 2.73 bits per heavy atom. The second kappa shape index (κ2) is 5.22. The van der Waals surface area contributed by atoms with Crippen molar-refractivity contribution in [3.8, 4) is 11.5 Å². The van der Waals surface area contributed by atoms with Crippen LogP contribution >= 0.6 is 0 Å². The van der Waals surface area contributed by atoms with Crippen LogP contribution in [-0.2, 0) is 9.47 Å². The smallest absolute Gasteiger partial charge is 0.167 e. The van der Waals surface area contributed by atoms with Crippen molar-refractivity contribution >= 4 is 5.78 Å². The highest BCUT2D eigenvalue weighted by Crippen LogP contribution is 2.48. The number of rotatable bonds is 2. The number of benzene rings is 1. The second-order valence-corrected chi connectivity index (χ2v) is 6.04. The predicted octanol–water partition coefficient (Wildman–Crippen LogP) is 1.65. The molecule has 22 heavy (non-hydrogen) atoms. The molecule has 0 spiro atoms. The largest absolute Gasteiger partial charge is 0.507 e. The minimum atomic E-state index is -0.954. The molecule has 1 aromatic carbocycles. The van der Waals surface area contributed by atoms with Crippen LogP contribution in [0, 0.1) is 11.8 Å². The van der Waals surface area contributed by atoms with Crippen LogP contribution in [0.3, 0.4) is 0 Å². The number of carbonyl (C=O) groups excluding carboxylic acids is 1. The van der Waals surface area contributed by atoms with Crippen LogP contribution in [0.5, 0.6) is 11.5 Å². The molecule has 6 heteroatoms. The fourth-order valence-corrected chi connectivity index (χ4v) is 3.40. The van der Waals surface area contributed by atoms with Gasteiger partial charge in [-0.05, 0) is 13.0 Å². The van der Waals surface area contributed by atoms with Gasteiger partial charge in [-0.1, -0.05) is 0 Å². The zero-order valence-electron chi connectivity index (χ0n) is 12.8. The minimum absolute atomic E-state index is 0.119. The van der Waals surface area contributed by atoms with Crippen LogP contribution in [0.4, 0.5) is 0 Å². The highest BCUT2D eigenvalue weighted by Gasteiger charge is 2.50. The standard InChI is InChI=1S/C16H20O6/c1-16(21-3)6-10-11(7-22-16)15(19)13-9(14(10)18)4-8(20-2)5-12(13)17/h4-5,10-11,15,17,19H,6-7H2,1-3H3. The number of hydrogen-bond acceptors (Lipinski definition) is 6. The van der Waals surface area contributed by atoms with E-state index in [2.05, 4.69) is 0 Å². The SMILES string of the molecule is COc1cc(O)c2c(c1)C(=O)C1CC(C)(OC)OCC1C2O. The molecule has 2 N–H and O–H groups in total. The number of Topliss-reactive ketones (excluding diaryl/α,β-unsaturated/α-hetero) is 1. The molecule has 1 aromatic rings. The summed E-state index contributed by atoms with van der Waals surface area (Å²) in [5.41, 5.74) is 0.572. The third kappa shape index (κ3) is 2.18. The Labute approximate surface area is 128 Å². The van der Waals surface area contributed by atoms with Gasteiger partial charge < -0.3 is 24.4 Å². The summed E-state index contributed by atoms with van der Waals surface area (Å²) in [5.74, 6) is -1.50. The first kappa shape index (κ1) is 15.3. The van der Waals surface area contributed by atoms with E-state index in [1.165, 1.54) is 20.3 Å². The molecule has 0 amide bonds. The number of phenolic OH excluding ortho intramolecular Hbond substituents is 1. The van der Waals surface area contributed by atoms with Crippen LogP contribution in [0.1, 0.15) is 35.4 Å². The second-order valence-electron chi connectivity index (χ2n) is 6.04. The molecule has 1 aliphatic carbocycles. The predicted molar refractivity (Wildman–Crippen MR) is 76.9 cm³/mol. The van der Waals surface area contributed by atoms with E-state index in [1.54, 1.807) is 13.0 Å². The van der Waals surface area contributed by atoms with Crippen LogP contribution in [0.2, 0.25) is 0 Å². The van der Waals surface area contributed by atoms with E-state index in [1.807, 2.05) is 0 Å². The van der Waals surface area contributed by atoms with Crippen molar-refractivity contribution in [2.45, 2.75) is 25.2 Å². The van der Waals surface area contributed by atoms with Gasteiger partial charge in [0.15, 0.2) is 11.6 Å². The van der Waals surface area contributed by atoms with Crippen molar-refractivity contribution in [2.75, 3.05) is 20.8 Å². The molecule has 4 unspecified atom stereocenters. The van der Waals surface area contributed by atoms with Gasteiger partial charge in [0.25, 0.3) is 0 Å². The fraction of sp³-hybridized carbons (Fsp3) is 0.562. The van der Waals surface area contributed by atoms with Crippen LogP contribution < -0.4 is 4.74 Å². The van der Waals surface area contributed by atoms with E-state index in [-0.39, 0.29) is 29.6 Å². The van der Waals surface area contributed by atoms with Gasteiger partial charge >= 0.3 is 0 Å².